The zero-order chi connectivity index (χ0) is 29.1. The molecule has 3 aromatic rings. The zero-order valence-electron chi connectivity index (χ0n) is 24.7. The lowest BCUT2D eigenvalue weighted by molar-refractivity contribution is -0.114. The largest absolute Gasteiger partial charge is 0.464 e. The number of carbonyl (C=O) groups excluding carboxylic acids is 1. The number of furan rings is 1. The van der Waals surface area contributed by atoms with Gasteiger partial charge in [-0.1, -0.05) is 89.7 Å². The van der Waals surface area contributed by atoms with Crippen molar-refractivity contribution in [1.82, 2.24) is 0 Å². The van der Waals surface area contributed by atoms with E-state index in [1.807, 2.05) is 62.4 Å². The Kier molecular flexibility index (Phi) is 8.65. The molecule has 1 aliphatic carbocycles. The van der Waals surface area contributed by atoms with Gasteiger partial charge >= 0.3 is 0 Å². The van der Waals surface area contributed by atoms with Crippen molar-refractivity contribution in [3.8, 4) is 11.3 Å². The summed E-state index contributed by atoms with van der Waals surface area (Å²) in [6, 6.07) is 20.1. The molecule has 0 radical (unpaired) electrons. The molecule has 0 atom stereocenters. The molecule has 0 amide bonds. The van der Waals surface area contributed by atoms with Crippen LogP contribution in [0.25, 0.3) is 11.3 Å². The van der Waals surface area contributed by atoms with Crippen LogP contribution in [0.2, 0.25) is 0 Å². The van der Waals surface area contributed by atoms with Gasteiger partial charge in [0.05, 0.1) is 12.0 Å². The predicted octanol–water partition coefficient (Wildman–Crippen LogP) is 10.8. The third-order valence-corrected chi connectivity index (χ3v) is 7.89. The van der Waals surface area contributed by atoms with Gasteiger partial charge in [-0.15, -0.1) is 5.11 Å². The van der Waals surface area contributed by atoms with Crippen molar-refractivity contribution in [1.29, 1.82) is 0 Å². The van der Waals surface area contributed by atoms with E-state index in [0.717, 1.165) is 54.8 Å². The number of hydrogen-bond donors (Lipinski definition) is 0. The molecule has 1 aromatic heterocycles. The summed E-state index contributed by atoms with van der Waals surface area (Å²) in [5.41, 5.74) is 5.43. The molecule has 0 N–H and O–H groups in total. The van der Waals surface area contributed by atoms with Crippen molar-refractivity contribution in [2.45, 2.75) is 60.3 Å². The van der Waals surface area contributed by atoms with Gasteiger partial charge in [0.1, 0.15) is 11.5 Å². The van der Waals surface area contributed by atoms with E-state index < -0.39 is 0 Å². The second-order valence-corrected chi connectivity index (χ2v) is 13.1. The molecule has 1 aliphatic rings. The first kappa shape index (κ1) is 29.3. The minimum Gasteiger partial charge on any atom is -0.464 e. The van der Waals surface area contributed by atoms with E-state index >= 15 is 0 Å². The molecular formula is C35H38N2O2S. The van der Waals surface area contributed by atoms with Crippen molar-refractivity contribution in [3.63, 3.8) is 0 Å². The van der Waals surface area contributed by atoms with Gasteiger partial charge in [-0.05, 0) is 72.7 Å². The van der Waals surface area contributed by atoms with E-state index in [0.29, 0.717) is 0 Å². The van der Waals surface area contributed by atoms with Gasteiger partial charge in [0.2, 0.25) is 0 Å². The topological polar surface area (TPSA) is 54.9 Å². The summed E-state index contributed by atoms with van der Waals surface area (Å²) in [5, 5.41) is 9.55. The zero-order valence-corrected chi connectivity index (χ0v) is 25.5. The first-order chi connectivity index (χ1) is 18.9. The molecule has 1 heterocycles. The third kappa shape index (κ3) is 6.71. The number of rotatable bonds is 6. The maximum absolute atomic E-state index is 13.6. The highest BCUT2D eigenvalue weighted by Gasteiger charge is 2.35. The number of thioether (sulfide) groups is 1. The van der Waals surface area contributed by atoms with Crippen LogP contribution in [0.3, 0.4) is 0 Å². The molecular weight excluding hydrogens is 512 g/mol. The van der Waals surface area contributed by atoms with Gasteiger partial charge < -0.3 is 4.42 Å². The molecule has 0 spiro atoms. The molecule has 5 heteroatoms. The lowest BCUT2D eigenvalue weighted by Crippen LogP contribution is -2.28. The second-order valence-electron chi connectivity index (χ2n) is 12.0. The maximum Gasteiger partial charge on any atom is 0.186 e. The number of benzene rings is 2. The Morgan fingerprint density at radius 2 is 1.48 bits per heavy atom. The first-order valence-electron chi connectivity index (χ1n) is 13.6. The number of aryl methyl sites for hydroxylation is 1. The Morgan fingerprint density at radius 1 is 0.850 bits per heavy atom. The molecule has 0 fully saturated rings. The van der Waals surface area contributed by atoms with Crippen molar-refractivity contribution in [3.05, 3.63) is 118 Å². The summed E-state index contributed by atoms with van der Waals surface area (Å²) in [6.07, 6.45) is 7.76. The van der Waals surface area contributed by atoms with Crippen LogP contribution in [0.5, 0.6) is 0 Å². The Bertz CT molecular complexity index is 1500. The van der Waals surface area contributed by atoms with Gasteiger partial charge in [-0.3, -0.25) is 4.79 Å². The number of azo groups is 1. The van der Waals surface area contributed by atoms with Gasteiger partial charge in [0.25, 0.3) is 0 Å². The van der Waals surface area contributed by atoms with Crippen LogP contribution in [0.1, 0.15) is 54.0 Å². The van der Waals surface area contributed by atoms with Gasteiger partial charge in [-0.2, -0.15) is 5.11 Å². The normalized spacial score (nSPS) is 14.9. The number of hydrogen-bond acceptors (Lipinski definition) is 5. The average molecular weight is 551 g/mol. The molecule has 0 unspecified atom stereocenters. The number of nitrogens with zero attached hydrogens (tertiary/aromatic N) is 2. The summed E-state index contributed by atoms with van der Waals surface area (Å²) in [4.78, 5) is 15.7. The predicted molar refractivity (Wildman–Crippen MR) is 167 cm³/mol. The molecule has 0 saturated heterocycles. The quantitative estimate of drug-likeness (QED) is 0.226. The molecule has 0 saturated carbocycles. The molecule has 4 nitrogen and oxygen atoms in total. The number of Topliss-reactive ketones (excluding diaryl/α,β-unsaturated/α-hetero) is 1. The Hall–Kier alpha value is -3.70. The maximum atomic E-state index is 13.6. The van der Waals surface area contributed by atoms with Crippen LogP contribution in [-0.4, -0.2) is 5.78 Å². The summed E-state index contributed by atoms with van der Waals surface area (Å²) < 4.78 is 5.55. The van der Waals surface area contributed by atoms with E-state index in [1.54, 1.807) is 18.0 Å². The fraction of sp³-hybridized carbons (Fsp3) is 0.286. The smallest absolute Gasteiger partial charge is 0.186 e. The van der Waals surface area contributed by atoms with Crippen LogP contribution in [0.4, 0.5) is 5.69 Å². The number of ketones is 1. The standard InChI is InChI=1S/C35H38N2O2S/c1-9-31(40-26-18-16-24(17-19-26)30-15-12-20-39-30)32(37-36-29-14-11-10-13-23(29)2)25-21-27(34(3,4)5)33(38)28(22-25)35(6,7)8/h9-22H,1-8H3/b31-9-,37-36?. The third-order valence-electron chi connectivity index (χ3n) is 6.73. The van der Waals surface area contributed by atoms with E-state index in [9.17, 15) is 4.79 Å². The SMILES string of the molecule is C/C=C(\Sc1ccc(-c2ccco2)cc1)C(N=Nc1ccccc1C)=C1C=C(C(C)(C)C)C(=O)C(C(C)(C)C)=C1. The highest BCUT2D eigenvalue weighted by Crippen LogP contribution is 2.43. The van der Waals surface area contributed by atoms with Gasteiger partial charge in [-0.25, -0.2) is 0 Å². The van der Waals surface area contributed by atoms with Crippen LogP contribution in [-0.2, 0) is 4.79 Å². The van der Waals surface area contributed by atoms with Crippen molar-refractivity contribution < 1.29 is 9.21 Å². The molecule has 0 bridgehead atoms. The Labute approximate surface area is 242 Å². The number of carbonyl (C=O) groups is 1. The van der Waals surface area contributed by atoms with Gasteiger partial charge in [0.15, 0.2) is 5.78 Å². The Balaban J connectivity index is 1.86. The highest BCUT2D eigenvalue weighted by molar-refractivity contribution is 8.03. The molecule has 206 valence electrons. The van der Waals surface area contributed by atoms with Crippen molar-refractivity contribution in [2.24, 2.45) is 21.1 Å². The van der Waals surface area contributed by atoms with E-state index in [1.165, 1.54) is 0 Å². The highest BCUT2D eigenvalue weighted by atomic mass is 32.2. The van der Waals surface area contributed by atoms with Crippen LogP contribution >= 0.6 is 11.8 Å². The summed E-state index contributed by atoms with van der Waals surface area (Å²) in [6.45, 7) is 16.5. The van der Waals surface area contributed by atoms with E-state index in [2.05, 4.69) is 71.9 Å². The molecule has 40 heavy (non-hydrogen) atoms. The molecule has 2 aromatic carbocycles. The first-order valence-corrected chi connectivity index (χ1v) is 14.4. The minimum absolute atomic E-state index is 0.0992. The van der Waals surface area contributed by atoms with Crippen molar-refractivity contribution in [2.75, 3.05) is 0 Å². The Morgan fingerprint density at radius 3 is 2.00 bits per heavy atom. The second kappa shape index (κ2) is 11.8. The summed E-state index contributed by atoms with van der Waals surface area (Å²) in [5.74, 6) is 0.936. The van der Waals surface area contributed by atoms with E-state index in [-0.39, 0.29) is 16.6 Å². The van der Waals surface area contributed by atoms with Crippen LogP contribution < -0.4 is 0 Å². The fourth-order valence-corrected chi connectivity index (χ4v) is 5.31. The molecule has 0 aliphatic heterocycles. The van der Waals surface area contributed by atoms with Crippen molar-refractivity contribution >= 4 is 23.2 Å². The lowest BCUT2D eigenvalue weighted by atomic mass is 9.71. The lowest BCUT2D eigenvalue weighted by Gasteiger charge is -2.31. The van der Waals surface area contributed by atoms with Crippen LogP contribution in [0, 0.1) is 17.8 Å². The minimum atomic E-state index is -0.323. The average Bonchev–Trinajstić information content (AvgIpc) is 3.44. The monoisotopic (exact) mass is 550 g/mol. The van der Waals surface area contributed by atoms with E-state index in [4.69, 9.17) is 14.6 Å². The molecule has 4 rings (SSSR count). The van der Waals surface area contributed by atoms with Gasteiger partial charge in [0, 0.05) is 32.1 Å². The summed E-state index contributed by atoms with van der Waals surface area (Å²) >= 11 is 1.63. The summed E-state index contributed by atoms with van der Waals surface area (Å²) in [7, 11) is 0. The number of allylic oxidation sites excluding steroid dienone is 6. The van der Waals surface area contributed by atoms with Crippen LogP contribution in [0.15, 0.2) is 132 Å². The fourth-order valence-electron chi connectivity index (χ4n) is 4.41.